The van der Waals surface area contributed by atoms with Crippen molar-refractivity contribution in [3.05, 3.63) is 29.3 Å². The highest BCUT2D eigenvalue weighted by atomic mass is 16.5. The fourth-order valence-electron chi connectivity index (χ4n) is 1.91. The molecule has 1 aliphatic rings. The van der Waals surface area contributed by atoms with Crippen molar-refractivity contribution in [1.29, 1.82) is 5.26 Å². The van der Waals surface area contributed by atoms with E-state index < -0.39 is 5.41 Å². The third-order valence-electron chi connectivity index (χ3n) is 3.02. The highest BCUT2D eigenvalue weighted by molar-refractivity contribution is 6.02. The molecule has 88 valence electrons. The van der Waals surface area contributed by atoms with Crippen LogP contribution in [-0.4, -0.2) is 12.4 Å². The Hall–Kier alpha value is -1.82. The molecule has 2 rings (SSSR count). The molecule has 1 aromatic rings. The molecule has 0 radical (unpaired) electrons. The van der Waals surface area contributed by atoms with Crippen molar-refractivity contribution in [2.45, 2.75) is 26.7 Å². The Morgan fingerprint density at radius 3 is 2.94 bits per heavy atom. The van der Waals surface area contributed by atoms with E-state index in [2.05, 4.69) is 0 Å². The SMILES string of the molecule is CC(C)(C#N)C(=O)c1ccc2c(c1)CCCO2. The molecule has 3 nitrogen and oxygen atoms in total. The van der Waals surface area contributed by atoms with Crippen LogP contribution >= 0.6 is 0 Å². The van der Waals surface area contributed by atoms with Gasteiger partial charge < -0.3 is 4.74 Å². The molecule has 0 amide bonds. The Labute approximate surface area is 101 Å². The summed E-state index contributed by atoms with van der Waals surface area (Å²) in [5, 5.41) is 8.97. The summed E-state index contributed by atoms with van der Waals surface area (Å²) in [6.07, 6.45) is 1.91. The predicted molar refractivity (Wildman–Crippen MR) is 64.0 cm³/mol. The average Bonchev–Trinajstić information content (AvgIpc) is 2.37. The van der Waals surface area contributed by atoms with Crippen molar-refractivity contribution >= 4 is 5.78 Å². The van der Waals surface area contributed by atoms with Gasteiger partial charge in [-0.25, -0.2) is 0 Å². The van der Waals surface area contributed by atoms with Gasteiger partial charge in [0.05, 0.1) is 12.7 Å². The lowest BCUT2D eigenvalue weighted by atomic mass is 9.85. The van der Waals surface area contributed by atoms with E-state index in [-0.39, 0.29) is 5.78 Å². The van der Waals surface area contributed by atoms with Crippen LogP contribution in [0.5, 0.6) is 5.75 Å². The quantitative estimate of drug-likeness (QED) is 0.733. The number of rotatable bonds is 2. The van der Waals surface area contributed by atoms with Crippen LogP contribution in [0.15, 0.2) is 18.2 Å². The number of Topliss-reactive ketones (excluding diaryl/α,β-unsaturated/α-hetero) is 1. The number of benzene rings is 1. The third-order valence-corrected chi connectivity index (χ3v) is 3.02. The normalized spacial score (nSPS) is 14.4. The fraction of sp³-hybridized carbons (Fsp3) is 0.429. The van der Waals surface area contributed by atoms with E-state index in [0.29, 0.717) is 5.56 Å². The van der Waals surface area contributed by atoms with Crippen LogP contribution < -0.4 is 4.74 Å². The lowest BCUT2D eigenvalue weighted by Gasteiger charge is -2.19. The molecule has 0 unspecified atom stereocenters. The van der Waals surface area contributed by atoms with Crippen molar-refractivity contribution in [2.75, 3.05) is 6.61 Å². The number of nitrogens with zero attached hydrogens (tertiary/aromatic N) is 1. The van der Waals surface area contributed by atoms with Gasteiger partial charge in [0.15, 0.2) is 5.78 Å². The van der Waals surface area contributed by atoms with Crippen LogP contribution in [0.2, 0.25) is 0 Å². The average molecular weight is 229 g/mol. The van der Waals surface area contributed by atoms with Crippen molar-refractivity contribution in [3.8, 4) is 11.8 Å². The molecule has 3 heteroatoms. The zero-order valence-corrected chi connectivity index (χ0v) is 10.1. The third kappa shape index (κ3) is 2.16. The summed E-state index contributed by atoms with van der Waals surface area (Å²) in [5.74, 6) is 0.732. The molecule has 0 fully saturated rings. The number of hydrogen-bond donors (Lipinski definition) is 0. The van der Waals surface area contributed by atoms with E-state index in [1.165, 1.54) is 0 Å². The van der Waals surface area contributed by atoms with Gasteiger partial charge in [0.2, 0.25) is 0 Å². The Balaban J connectivity index is 2.35. The maximum absolute atomic E-state index is 12.1. The minimum Gasteiger partial charge on any atom is -0.493 e. The number of hydrogen-bond acceptors (Lipinski definition) is 3. The summed E-state index contributed by atoms with van der Waals surface area (Å²) in [6, 6.07) is 7.47. The lowest BCUT2D eigenvalue weighted by Crippen LogP contribution is -2.22. The molecular formula is C14H15NO2. The second-order valence-corrected chi connectivity index (χ2v) is 4.84. The molecule has 0 N–H and O–H groups in total. The molecule has 0 saturated heterocycles. The van der Waals surface area contributed by atoms with Gasteiger partial charge in [-0.15, -0.1) is 0 Å². The zero-order chi connectivity index (χ0) is 12.5. The predicted octanol–water partition coefficient (Wildman–Crippen LogP) is 2.74. The van der Waals surface area contributed by atoms with Crippen molar-refractivity contribution < 1.29 is 9.53 Å². The van der Waals surface area contributed by atoms with Crippen LogP contribution in [0.25, 0.3) is 0 Å². The van der Waals surface area contributed by atoms with Crippen LogP contribution in [0.1, 0.15) is 36.2 Å². The number of ketones is 1. The summed E-state index contributed by atoms with van der Waals surface area (Å²) in [6.45, 7) is 4.03. The van der Waals surface area contributed by atoms with Crippen LogP contribution in [0.3, 0.4) is 0 Å². The van der Waals surface area contributed by atoms with E-state index in [9.17, 15) is 4.79 Å². The van der Waals surface area contributed by atoms with Crippen LogP contribution in [0, 0.1) is 16.7 Å². The number of aryl methyl sites for hydroxylation is 1. The molecule has 1 aliphatic heterocycles. The molecule has 0 aliphatic carbocycles. The highest BCUT2D eigenvalue weighted by Crippen LogP contribution is 2.28. The molecule has 0 bridgehead atoms. The maximum atomic E-state index is 12.1. The molecule has 0 atom stereocenters. The number of carbonyl (C=O) groups is 1. The summed E-state index contributed by atoms with van der Waals surface area (Å²) >= 11 is 0. The monoisotopic (exact) mass is 229 g/mol. The Kier molecular flexibility index (Phi) is 2.89. The van der Waals surface area contributed by atoms with Crippen LogP contribution in [0.4, 0.5) is 0 Å². The zero-order valence-electron chi connectivity index (χ0n) is 10.1. The van der Waals surface area contributed by atoms with Gasteiger partial charge >= 0.3 is 0 Å². The van der Waals surface area contributed by atoms with Crippen molar-refractivity contribution in [3.63, 3.8) is 0 Å². The fourth-order valence-corrected chi connectivity index (χ4v) is 1.91. The number of carbonyl (C=O) groups excluding carboxylic acids is 1. The maximum Gasteiger partial charge on any atom is 0.182 e. The second-order valence-electron chi connectivity index (χ2n) is 4.84. The van der Waals surface area contributed by atoms with E-state index >= 15 is 0 Å². The first-order valence-corrected chi connectivity index (χ1v) is 5.76. The molecule has 1 heterocycles. The first kappa shape index (κ1) is 11.7. The smallest absolute Gasteiger partial charge is 0.182 e. The van der Waals surface area contributed by atoms with Gasteiger partial charge in [-0.2, -0.15) is 5.26 Å². The Bertz CT molecular complexity index is 497. The molecule has 1 aromatic carbocycles. The van der Waals surface area contributed by atoms with Gasteiger partial charge in [0.25, 0.3) is 0 Å². The minimum absolute atomic E-state index is 0.131. The van der Waals surface area contributed by atoms with E-state index in [1.54, 1.807) is 19.9 Å². The topological polar surface area (TPSA) is 50.1 Å². The molecule has 0 saturated carbocycles. The van der Waals surface area contributed by atoms with Gasteiger partial charge in [-0.05, 0) is 50.5 Å². The molecule has 0 spiro atoms. The van der Waals surface area contributed by atoms with E-state index in [4.69, 9.17) is 10.00 Å². The van der Waals surface area contributed by atoms with Gasteiger partial charge in [0, 0.05) is 5.56 Å². The lowest BCUT2D eigenvalue weighted by molar-refractivity contribution is 0.0891. The largest absolute Gasteiger partial charge is 0.493 e. The van der Waals surface area contributed by atoms with Crippen molar-refractivity contribution in [2.24, 2.45) is 5.41 Å². The van der Waals surface area contributed by atoms with Gasteiger partial charge in [-0.3, -0.25) is 4.79 Å². The van der Waals surface area contributed by atoms with Crippen LogP contribution in [-0.2, 0) is 6.42 Å². The Morgan fingerprint density at radius 1 is 1.47 bits per heavy atom. The summed E-state index contributed by atoms with van der Waals surface area (Å²) in [4.78, 5) is 12.1. The minimum atomic E-state index is -0.968. The number of nitriles is 1. The summed E-state index contributed by atoms with van der Waals surface area (Å²) < 4.78 is 5.49. The number of ether oxygens (including phenoxy) is 1. The van der Waals surface area contributed by atoms with E-state index in [0.717, 1.165) is 30.8 Å². The Morgan fingerprint density at radius 2 is 2.24 bits per heavy atom. The number of fused-ring (bicyclic) bond motifs is 1. The molecular weight excluding hydrogens is 214 g/mol. The molecule has 17 heavy (non-hydrogen) atoms. The van der Waals surface area contributed by atoms with Crippen molar-refractivity contribution in [1.82, 2.24) is 0 Å². The van der Waals surface area contributed by atoms with E-state index in [1.807, 2.05) is 18.2 Å². The van der Waals surface area contributed by atoms with Gasteiger partial charge in [-0.1, -0.05) is 0 Å². The van der Waals surface area contributed by atoms with Gasteiger partial charge in [0.1, 0.15) is 11.2 Å². The standard InChI is InChI=1S/C14H15NO2/c1-14(2,9-15)13(16)11-5-6-12-10(8-11)4-3-7-17-12/h5-6,8H,3-4,7H2,1-2H3. The highest BCUT2D eigenvalue weighted by Gasteiger charge is 2.29. The summed E-state index contributed by atoms with van der Waals surface area (Å²) in [5.41, 5.74) is 0.695. The molecule has 0 aromatic heterocycles. The summed E-state index contributed by atoms with van der Waals surface area (Å²) in [7, 11) is 0. The second kappa shape index (κ2) is 4.21. The first-order valence-electron chi connectivity index (χ1n) is 5.76. The first-order chi connectivity index (χ1) is 8.04.